The van der Waals surface area contributed by atoms with Gasteiger partial charge in [-0.25, -0.2) is 0 Å². The molecular formula is C20H24N2O3. The molecule has 2 rings (SSSR count). The second-order valence-corrected chi connectivity index (χ2v) is 6.20. The fraction of sp³-hybridized carbons (Fsp3) is 0.300. The molecule has 0 atom stereocenters. The summed E-state index contributed by atoms with van der Waals surface area (Å²) in [6, 6.07) is 15.1. The lowest BCUT2D eigenvalue weighted by Crippen LogP contribution is -2.24. The van der Waals surface area contributed by atoms with E-state index in [0.29, 0.717) is 11.6 Å². The maximum Gasteiger partial charge on any atom is 0.250 e. The van der Waals surface area contributed by atoms with Crippen LogP contribution in [0.15, 0.2) is 48.5 Å². The second kappa shape index (κ2) is 8.99. The van der Waals surface area contributed by atoms with Gasteiger partial charge in [0.1, 0.15) is 13.2 Å². The zero-order valence-corrected chi connectivity index (χ0v) is 14.8. The molecule has 0 unspecified atom stereocenters. The van der Waals surface area contributed by atoms with Crippen LogP contribution in [0, 0.1) is 6.92 Å². The van der Waals surface area contributed by atoms with Crippen LogP contribution in [0.4, 0.5) is 11.4 Å². The maximum atomic E-state index is 12.0. The van der Waals surface area contributed by atoms with Crippen LogP contribution in [-0.2, 0) is 14.3 Å². The van der Waals surface area contributed by atoms with Crippen LogP contribution in [0.3, 0.4) is 0 Å². The Kier molecular flexibility index (Phi) is 6.71. The van der Waals surface area contributed by atoms with Crippen molar-refractivity contribution in [2.45, 2.75) is 26.7 Å². The van der Waals surface area contributed by atoms with Crippen LogP contribution in [0.2, 0.25) is 0 Å². The smallest absolute Gasteiger partial charge is 0.250 e. The Morgan fingerprint density at radius 1 is 0.960 bits per heavy atom. The molecule has 132 valence electrons. The molecule has 0 aliphatic heterocycles. The van der Waals surface area contributed by atoms with E-state index in [1.54, 1.807) is 6.07 Å². The maximum absolute atomic E-state index is 12.0. The third-order valence-corrected chi connectivity index (χ3v) is 3.63. The number of hydrogen-bond donors (Lipinski definition) is 2. The standard InChI is InChI=1S/C20H24N2O3/c1-14(2)17-9-4-5-10-18(17)22-20(24)13-25-12-19(23)21-16-8-6-7-15(3)11-16/h4-11,14H,12-13H2,1-3H3,(H,21,23)(H,22,24). The van der Waals surface area contributed by atoms with Crippen LogP contribution in [-0.4, -0.2) is 25.0 Å². The molecule has 0 saturated heterocycles. The van der Waals surface area contributed by atoms with Crippen molar-refractivity contribution in [3.63, 3.8) is 0 Å². The third-order valence-electron chi connectivity index (χ3n) is 3.63. The number of ether oxygens (including phenoxy) is 1. The monoisotopic (exact) mass is 340 g/mol. The molecular weight excluding hydrogens is 316 g/mol. The van der Waals surface area contributed by atoms with Crippen LogP contribution in [0.25, 0.3) is 0 Å². The highest BCUT2D eigenvalue weighted by Crippen LogP contribution is 2.23. The van der Waals surface area contributed by atoms with Crippen molar-refractivity contribution in [3.05, 3.63) is 59.7 Å². The Labute approximate surface area is 148 Å². The molecule has 0 spiro atoms. The number of amides is 2. The van der Waals surface area contributed by atoms with Gasteiger partial charge >= 0.3 is 0 Å². The van der Waals surface area contributed by atoms with Gasteiger partial charge < -0.3 is 15.4 Å². The van der Waals surface area contributed by atoms with Crippen LogP contribution >= 0.6 is 0 Å². The Bertz CT molecular complexity index is 741. The Balaban J connectivity index is 1.78. The lowest BCUT2D eigenvalue weighted by Gasteiger charge is -2.13. The van der Waals surface area contributed by atoms with Gasteiger partial charge in [-0.15, -0.1) is 0 Å². The summed E-state index contributed by atoms with van der Waals surface area (Å²) in [6.45, 7) is 5.74. The van der Waals surface area contributed by atoms with Crippen LogP contribution < -0.4 is 10.6 Å². The van der Waals surface area contributed by atoms with Crippen molar-refractivity contribution in [2.75, 3.05) is 23.8 Å². The number of carbonyl (C=O) groups excluding carboxylic acids is 2. The van der Waals surface area contributed by atoms with Gasteiger partial charge in [-0.05, 0) is 42.2 Å². The molecule has 0 radical (unpaired) electrons. The fourth-order valence-electron chi connectivity index (χ4n) is 2.46. The molecule has 0 fully saturated rings. The van der Waals surface area contributed by atoms with E-state index >= 15 is 0 Å². The molecule has 2 N–H and O–H groups in total. The Morgan fingerprint density at radius 3 is 2.32 bits per heavy atom. The van der Waals surface area contributed by atoms with E-state index in [9.17, 15) is 9.59 Å². The van der Waals surface area contributed by atoms with Crippen molar-refractivity contribution in [1.29, 1.82) is 0 Å². The van der Waals surface area contributed by atoms with Crippen LogP contribution in [0.1, 0.15) is 30.9 Å². The quantitative estimate of drug-likeness (QED) is 0.807. The minimum absolute atomic E-state index is 0.173. The van der Waals surface area contributed by atoms with E-state index in [0.717, 1.165) is 16.8 Å². The van der Waals surface area contributed by atoms with E-state index in [-0.39, 0.29) is 25.0 Å². The topological polar surface area (TPSA) is 67.4 Å². The molecule has 0 aromatic heterocycles. The summed E-state index contributed by atoms with van der Waals surface area (Å²) in [4.78, 5) is 23.8. The minimum atomic E-state index is -0.291. The average molecular weight is 340 g/mol. The average Bonchev–Trinajstić information content (AvgIpc) is 2.55. The number of carbonyl (C=O) groups is 2. The van der Waals surface area contributed by atoms with Gasteiger partial charge in [0, 0.05) is 11.4 Å². The fourth-order valence-corrected chi connectivity index (χ4v) is 2.46. The predicted octanol–water partition coefficient (Wildman–Crippen LogP) is 3.71. The van der Waals surface area contributed by atoms with Gasteiger partial charge in [-0.1, -0.05) is 44.2 Å². The molecule has 25 heavy (non-hydrogen) atoms. The molecule has 0 aliphatic rings. The van der Waals surface area contributed by atoms with Crippen molar-refractivity contribution in [2.24, 2.45) is 0 Å². The first-order chi connectivity index (χ1) is 12.0. The number of aryl methyl sites for hydroxylation is 1. The largest absolute Gasteiger partial charge is 0.362 e. The molecule has 0 heterocycles. The van der Waals surface area contributed by atoms with Gasteiger partial charge in [0.05, 0.1) is 0 Å². The lowest BCUT2D eigenvalue weighted by molar-refractivity contribution is -0.125. The summed E-state index contributed by atoms with van der Waals surface area (Å²) in [6.07, 6.45) is 0. The summed E-state index contributed by atoms with van der Waals surface area (Å²) in [7, 11) is 0. The molecule has 2 amide bonds. The van der Waals surface area contributed by atoms with Gasteiger partial charge in [0.2, 0.25) is 11.8 Å². The summed E-state index contributed by atoms with van der Waals surface area (Å²) in [5.74, 6) is -0.269. The number of rotatable bonds is 7. The third kappa shape index (κ3) is 6.04. The summed E-state index contributed by atoms with van der Waals surface area (Å²) in [5, 5.41) is 5.56. The Hall–Kier alpha value is -2.66. The number of benzene rings is 2. The van der Waals surface area contributed by atoms with E-state index in [4.69, 9.17) is 4.74 Å². The van der Waals surface area contributed by atoms with E-state index in [1.807, 2.05) is 49.4 Å². The van der Waals surface area contributed by atoms with E-state index in [1.165, 1.54) is 0 Å². The summed E-state index contributed by atoms with van der Waals surface area (Å²) < 4.78 is 5.21. The molecule has 0 saturated carbocycles. The number of nitrogens with one attached hydrogen (secondary N) is 2. The Morgan fingerprint density at radius 2 is 1.64 bits per heavy atom. The first-order valence-electron chi connectivity index (χ1n) is 8.28. The molecule has 0 bridgehead atoms. The van der Waals surface area contributed by atoms with Crippen molar-refractivity contribution in [1.82, 2.24) is 0 Å². The second-order valence-electron chi connectivity index (χ2n) is 6.20. The van der Waals surface area contributed by atoms with Crippen molar-refractivity contribution in [3.8, 4) is 0 Å². The highest BCUT2D eigenvalue weighted by atomic mass is 16.5. The molecule has 5 nitrogen and oxygen atoms in total. The summed E-state index contributed by atoms with van der Waals surface area (Å²) >= 11 is 0. The zero-order valence-electron chi connectivity index (χ0n) is 14.8. The number of para-hydroxylation sites is 1. The normalized spacial score (nSPS) is 10.6. The summed E-state index contributed by atoms with van der Waals surface area (Å²) in [5.41, 5.74) is 3.61. The first-order valence-corrected chi connectivity index (χ1v) is 8.28. The van der Waals surface area contributed by atoms with Gasteiger partial charge in [-0.2, -0.15) is 0 Å². The van der Waals surface area contributed by atoms with Crippen molar-refractivity contribution < 1.29 is 14.3 Å². The molecule has 2 aromatic carbocycles. The highest BCUT2D eigenvalue weighted by Gasteiger charge is 2.10. The minimum Gasteiger partial charge on any atom is -0.362 e. The first kappa shape index (κ1) is 18.7. The van der Waals surface area contributed by atoms with Gasteiger partial charge in [0.15, 0.2) is 0 Å². The molecule has 2 aromatic rings. The lowest BCUT2D eigenvalue weighted by atomic mass is 10.0. The molecule has 5 heteroatoms. The van der Waals surface area contributed by atoms with Crippen molar-refractivity contribution >= 4 is 23.2 Å². The molecule has 0 aliphatic carbocycles. The van der Waals surface area contributed by atoms with E-state index < -0.39 is 0 Å². The van der Waals surface area contributed by atoms with Gasteiger partial charge in [0.25, 0.3) is 0 Å². The number of anilines is 2. The van der Waals surface area contributed by atoms with Gasteiger partial charge in [-0.3, -0.25) is 9.59 Å². The highest BCUT2D eigenvalue weighted by molar-refractivity contribution is 5.94. The zero-order chi connectivity index (χ0) is 18.2. The van der Waals surface area contributed by atoms with Crippen LogP contribution in [0.5, 0.6) is 0 Å². The SMILES string of the molecule is Cc1cccc(NC(=O)COCC(=O)Nc2ccccc2C(C)C)c1. The number of hydrogen-bond acceptors (Lipinski definition) is 3. The predicted molar refractivity (Wildman–Crippen MR) is 99.8 cm³/mol. The van der Waals surface area contributed by atoms with E-state index in [2.05, 4.69) is 24.5 Å².